The number of hydrogen-bond acceptors (Lipinski definition) is 5. The Bertz CT molecular complexity index is 722. The fourth-order valence-corrected chi connectivity index (χ4v) is 3.30. The number of anilines is 1. The van der Waals surface area contributed by atoms with Crippen molar-refractivity contribution in [3.63, 3.8) is 0 Å². The standard InChI is InChI=1S/C19H23NO4S/c1-4-6-14-11-17(25-13(14)3)19(22)24-12-18(21)20-15-7-9-16(10-8-15)23-5-2/h7-11H,4-6,12H2,1-3H3,(H,20,21). The van der Waals surface area contributed by atoms with Gasteiger partial charge >= 0.3 is 5.97 Å². The van der Waals surface area contributed by atoms with Gasteiger partial charge in [0.2, 0.25) is 0 Å². The molecule has 0 radical (unpaired) electrons. The van der Waals surface area contributed by atoms with Crippen LogP contribution in [0.15, 0.2) is 30.3 Å². The van der Waals surface area contributed by atoms with E-state index in [1.165, 1.54) is 16.9 Å². The van der Waals surface area contributed by atoms with E-state index in [2.05, 4.69) is 12.2 Å². The van der Waals surface area contributed by atoms with Gasteiger partial charge < -0.3 is 14.8 Å². The highest BCUT2D eigenvalue weighted by molar-refractivity contribution is 7.14. The fourth-order valence-electron chi connectivity index (χ4n) is 2.34. The number of nitrogens with one attached hydrogen (secondary N) is 1. The molecule has 1 N–H and O–H groups in total. The molecule has 0 saturated carbocycles. The van der Waals surface area contributed by atoms with E-state index in [0.717, 1.165) is 23.5 Å². The van der Waals surface area contributed by atoms with Gasteiger partial charge in [-0.25, -0.2) is 4.79 Å². The van der Waals surface area contributed by atoms with Crippen molar-refractivity contribution in [1.29, 1.82) is 0 Å². The SMILES string of the molecule is CCCc1cc(C(=O)OCC(=O)Nc2ccc(OCC)cc2)sc1C. The van der Waals surface area contributed by atoms with E-state index in [1.807, 2.05) is 19.9 Å². The summed E-state index contributed by atoms with van der Waals surface area (Å²) in [5.41, 5.74) is 1.79. The molecule has 0 fully saturated rings. The normalized spacial score (nSPS) is 10.4. The van der Waals surface area contributed by atoms with Crippen LogP contribution >= 0.6 is 11.3 Å². The Balaban J connectivity index is 1.84. The predicted octanol–water partition coefficient (Wildman–Crippen LogP) is 4.20. The molecule has 0 aliphatic heterocycles. The molecule has 0 saturated heterocycles. The maximum Gasteiger partial charge on any atom is 0.348 e. The minimum atomic E-state index is -0.461. The van der Waals surface area contributed by atoms with E-state index < -0.39 is 5.97 Å². The van der Waals surface area contributed by atoms with Crippen molar-refractivity contribution in [2.45, 2.75) is 33.6 Å². The molecule has 0 unspecified atom stereocenters. The smallest absolute Gasteiger partial charge is 0.348 e. The summed E-state index contributed by atoms with van der Waals surface area (Å²) in [5, 5.41) is 2.69. The van der Waals surface area contributed by atoms with Crippen molar-refractivity contribution >= 4 is 28.9 Å². The highest BCUT2D eigenvalue weighted by Crippen LogP contribution is 2.23. The summed E-state index contributed by atoms with van der Waals surface area (Å²) in [6.07, 6.45) is 1.96. The Kier molecular flexibility index (Phi) is 7.01. The van der Waals surface area contributed by atoms with E-state index in [1.54, 1.807) is 24.3 Å². The van der Waals surface area contributed by atoms with Gasteiger partial charge in [0.25, 0.3) is 5.91 Å². The van der Waals surface area contributed by atoms with Crippen LogP contribution in [-0.4, -0.2) is 25.1 Å². The summed E-state index contributed by atoms with van der Waals surface area (Å²) in [4.78, 5) is 25.7. The number of rotatable bonds is 8. The van der Waals surface area contributed by atoms with Gasteiger partial charge in [-0.05, 0) is 56.2 Å². The first kappa shape index (κ1) is 19.0. The Morgan fingerprint density at radius 1 is 1.16 bits per heavy atom. The molecule has 25 heavy (non-hydrogen) atoms. The minimum absolute atomic E-state index is 0.313. The number of hydrogen-bond donors (Lipinski definition) is 1. The van der Waals surface area contributed by atoms with E-state index in [0.29, 0.717) is 17.2 Å². The van der Waals surface area contributed by atoms with Crippen LogP contribution in [0.1, 0.15) is 40.4 Å². The van der Waals surface area contributed by atoms with Gasteiger partial charge in [-0.15, -0.1) is 11.3 Å². The number of esters is 1. The largest absolute Gasteiger partial charge is 0.494 e. The van der Waals surface area contributed by atoms with Crippen molar-refractivity contribution in [1.82, 2.24) is 0 Å². The molecule has 0 bridgehead atoms. The van der Waals surface area contributed by atoms with Gasteiger partial charge in [0.15, 0.2) is 6.61 Å². The second-order valence-corrected chi connectivity index (χ2v) is 6.78. The Labute approximate surface area is 152 Å². The number of benzene rings is 1. The molecule has 0 atom stereocenters. The van der Waals surface area contributed by atoms with E-state index in [9.17, 15) is 9.59 Å². The average Bonchev–Trinajstić information content (AvgIpc) is 2.96. The number of carbonyl (C=O) groups excluding carboxylic acids is 2. The number of thiophene rings is 1. The van der Waals surface area contributed by atoms with Crippen LogP contribution in [0.3, 0.4) is 0 Å². The second kappa shape index (κ2) is 9.22. The molecule has 1 heterocycles. The Hall–Kier alpha value is -2.34. The maximum atomic E-state index is 12.1. The van der Waals surface area contributed by atoms with Crippen LogP contribution in [0, 0.1) is 6.92 Å². The van der Waals surface area contributed by atoms with Crippen molar-refractivity contribution in [2.24, 2.45) is 0 Å². The third-order valence-electron chi connectivity index (χ3n) is 3.52. The van der Waals surface area contributed by atoms with Gasteiger partial charge in [-0.2, -0.15) is 0 Å². The van der Waals surface area contributed by atoms with Crippen molar-refractivity contribution in [3.8, 4) is 5.75 Å². The van der Waals surface area contributed by atoms with E-state index >= 15 is 0 Å². The molecule has 2 rings (SSSR count). The number of carbonyl (C=O) groups is 2. The van der Waals surface area contributed by atoms with Gasteiger partial charge in [0, 0.05) is 10.6 Å². The van der Waals surface area contributed by atoms with Crippen LogP contribution in [0.4, 0.5) is 5.69 Å². The van der Waals surface area contributed by atoms with Crippen molar-refractivity contribution < 1.29 is 19.1 Å². The summed E-state index contributed by atoms with van der Waals surface area (Å²) < 4.78 is 10.4. The van der Waals surface area contributed by atoms with Crippen LogP contribution in [-0.2, 0) is 16.0 Å². The molecule has 1 aromatic heterocycles. The quantitative estimate of drug-likeness (QED) is 0.716. The second-order valence-electron chi connectivity index (χ2n) is 5.52. The lowest BCUT2D eigenvalue weighted by atomic mass is 10.1. The topological polar surface area (TPSA) is 64.6 Å². The van der Waals surface area contributed by atoms with E-state index in [4.69, 9.17) is 9.47 Å². The highest BCUT2D eigenvalue weighted by Gasteiger charge is 2.15. The van der Waals surface area contributed by atoms with E-state index in [-0.39, 0.29) is 12.5 Å². The molecule has 0 aliphatic rings. The zero-order valence-corrected chi connectivity index (χ0v) is 15.6. The Morgan fingerprint density at radius 3 is 2.52 bits per heavy atom. The van der Waals surface area contributed by atoms with Gasteiger partial charge in [-0.3, -0.25) is 4.79 Å². The van der Waals surface area contributed by atoms with Gasteiger partial charge in [-0.1, -0.05) is 13.3 Å². The first-order valence-corrected chi connectivity index (χ1v) is 9.14. The zero-order valence-electron chi connectivity index (χ0n) is 14.8. The number of amides is 1. The Morgan fingerprint density at radius 2 is 1.88 bits per heavy atom. The molecule has 2 aromatic rings. The summed E-state index contributed by atoms with van der Waals surface area (Å²) in [6, 6.07) is 8.88. The van der Waals surface area contributed by atoms with Crippen LogP contribution in [0.2, 0.25) is 0 Å². The molecule has 0 spiro atoms. The van der Waals surface area contributed by atoms with Crippen LogP contribution in [0.25, 0.3) is 0 Å². The molecule has 6 heteroatoms. The lowest BCUT2D eigenvalue weighted by molar-refractivity contribution is -0.119. The highest BCUT2D eigenvalue weighted by atomic mass is 32.1. The molecule has 134 valence electrons. The third kappa shape index (κ3) is 5.60. The maximum absolute atomic E-state index is 12.1. The summed E-state index contributed by atoms with van der Waals surface area (Å²) in [7, 11) is 0. The number of ether oxygens (including phenoxy) is 2. The summed E-state index contributed by atoms with van der Waals surface area (Å²) in [5.74, 6) is -0.0975. The average molecular weight is 361 g/mol. The van der Waals surface area contributed by atoms with Crippen LogP contribution in [0.5, 0.6) is 5.75 Å². The van der Waals surface area contributed by atoms with Crippen molar-refractivity contribution in [2.75, 3.05) is 18.5 Å². The molecule has 0 aliphatic carbocycles. The minimum Gasteiger partial charge on any atom is -0.494 e. The first-order valence-electron chi connectivity index (χ1n) is 8.32. The third-order valence-corrected chi connectivity index (χ3v) is 4.60. The molecule has 5 nitrogen and oxygen atoms in total. The lowest BCUT2D eigenvalue weighted by Crippen LogP contribution is -2.20. The number of aryl methyl sites for hydroxylation is 2. The van der Waals surface area contributed by atoms with Crippen LogP contribution < -0.4 is 10.1 Å². The van der Waals surface area contributed by atoms with Gasteiger partial charge in [0.1, 0.15) is 10.6 Å². The fraction of sp³-hybridized carbons (Fsp3) is 0.368. The first-order chi connectivity index (χ1) is 12.0. The molecular weight excluding hydrogens is 338 g/mol. The predicted molar refractivity (Wildman–Crippen MR) is 99.6 cm³/mol. The molecule has 1 aromatic carbocycles. The monoisotopic (exact) mass is 361 g/mol. The lowest BCUT2D eigenvalue weighted by Gasteiger charge is -2.07. The summed E-state index contributed by atoms with van der Waals surface area (Å²) >= 11 is 1.40. The zero-order chi connectivity index (χ0) is 18.2. The van der Waals surface area contributed by atoms with Crippen molar-refractivity contribution in [3.05, 3.63) is 45.6 Å². The molecule has 1 amide bonds. The molecular formula is C19H23NO4S. The van der Waals surface area contributed by atoms with Gasteiger partial charge in [0.05, 0.1) is 6.61 Å². The summed E-state index contributed by atoms with van der Waals surface area (Å²) in [6.45, 7) is 6.27.